The molecule has 0 radical (unpaired) electrons. The summed E-state index contributed by atoms with van der Waals surface area (Å²) in [5.41, 5.74) is 0.508. The van der Waals surface area contributed by atoms with Crippen molar-refractivity contribution in [2.24, 2.45) is 0 Å². The van der Waals surface area contributed by atoms with Crippen LogP contribution in [0.25, 0.3) is 10.4 Å². The van der Waals surface area contributed by atoms with Gasteiger partial charge in [-0.1, -0.05) is 11.3 Å². The SMILES string of the molecule is N#Cc1cc(-c2sccc2Br)c([N+](=O)[O-])s1. The van der Waals surface area contributed by atoms with Gasteiger partial charge in [0.25, 0.3) is 0 Å². The van der Waals surface area contributed by atoms with Gasteiger partial charge in [0.05, 0.1) is 15.4 Å². The number of rotatable bonds is 2. The van der Waals surface area contributed by atoms with Crippen molar-refractivity contribution in [1.82, 2.24) is 0 Å². The summed E-state index contributed by atoms with van der Waals surface area (Å²) in [5.74, 6) is 0. The van der Waals surface area contributed by atoms with Gasteiger partial charge < -0.3 is 0 Å². The van der Waals surface area contributed by atoms with Crippen molar-refractivity contribution in [3.63, 3.8) is 0 Å². The number of hydrogen-bond donors (Lipinski definition) is 0. The summed E-state index contributed by atoms with van der Waals surface area (Å²) in [5, 5.41) is 21.5. The molecule has 2 heterocycles. The molecule has 0 aliphatic heterocycles. The highest BCUT2D eigenvalue weighted by Crippen LogP contribution is 2.43. The van der Waals surface area contributed by atoms with Gasteiger partial charge in [-0.05, 0) is 33.4 Å². The Morgan fingerprint density at radius 1 is 1.56 bits per heavy atom. The molecule has 0 aliphatic rings. The maximum atomic E-state index is 10.9. The average Bonchev–Trinajstić information content (AvgIpc) is 2.82. The van der Waals surface area contributed by atoms with Crippen molar-refractivity contribution in [3.8, 4) is 16.5 Å². The molecule has 0 saturated heterocycles. The maximum Gasteiger partial charge on any atom is 0.334 e. The number of nitro groups is 1. The van der Waals surface area contributed by atoms with Gasteiger partial charge in [-0.15, -0.1) is 11.3 Å². The molecule has 7 heteroatoms. The van der Waals surface area contributed by atoms with Gasteiger partial charge >= 0.3 is 5.00 Å². The van der Waals surface area contributed by atoms with Gasteiger partial charge in [-0.3, -0.25) is 10.1 Å². The standard InChI is InChI=1S/C9H3BrN2O2S2/c10-7-1-2-15-8(7)6-3-5(4-11)16-9(6)12(13)14/h1-3H. The molecule has 0 aromatic carbocycles. The molecular formula is C9H3BrN2O2S2. The van der Waals surface area contributed by atoms with Crippen LogP contribution in [0.3, 0.4) is 0 Å². The summed E-state index contributed by atoms with van der Waals surface area (Å²) < 4.78 is 0.808. The van der Waals surface area contributed by atoms with Crippen LogP contribution in [-0.4, -0.2) is 4.92 Å². The molecule has 16 heavy (non-hydrogen) atoms. The minimum atomic E-state index is -0.451. The second kappa shape index (κ2) is 4.33. The Bertz CT molecular complexity index is 597. The molecule has 2 aromatic heterocycles. The van der Waals surface area contributed by atoms with Crippen LogP contribution in [-0.2, 0) is 0 Å². The average molecular weight is 315 g/mol. The molecule has 2 rings (SSSR count). The molecular weight excluding hydrogens is 312 g/mol. The fourth-order valence-electron chi connectivity index (χ4n) is 1.22. The number of hydrogen-bond acceptors (Lipinski definition) is 5. The van der Waals surface area contributed by atoms with Crippen molar-refractivity contribution < 1.29 is 4.92 Å². The van der Waals surface area contributed by atoms with Gasteiger partial charge in [-0.25, -0.2) is 0 Å². The Kier molecular flexibility index (Phi) is 3.05. The third-order valence-electron chi connectivity index (χ3n) is 1.85. The van der Waals surface area contributed by atoms with Crippen LogP contribution in [0.1, 0.15) is 4.88 Å². The minimum absolute atomic E-state index is 0.0136. The van der Waals surface area contributed by atoms with E-state index in [1.54, 1.807) is 6.07 Å². The van der Waals surface area contributed by atoms with E-state index in [4.69, 9.17) is 5.26 Å². The highest BCUT2D eigenvalue weighted by molar-refractivity contribution is 9.10. The van der Waals surface area contributed by atoms with Crippen molar-refractivity contribution >= 4 is 43.6 Å². The third kappa shape index (κ3) is 1.87. The lowest BCUT2D eigenvalue weighted by Gasteiger charge is -1.93. The molecule has 0 spiro atoms. The second-order valence-corrected chi connectivity index (χ2v) is 5.60. The third-order valence-corrected chi connectivity index (χ3v) is 4.71. The van der Waals surface area contributed by atoms with Gasteiger partial charge in [0.1, 0.15) is 10.9 Å². The molecule has 0 fully saturated rings. The first-order valence-electron chi connectivity index (χ1n) is 4.05. The monoisotopic (exact) mass is 314 g/mol. The van der Waals surface area contributed by atoms with Crippen molar-refractivity contribution in [3.05, 3.63) is 37.0 Å². The van der Waals surface area contributed by atoms with E-state index in [9.17, 15) is 10.1 Å². The fourth-order valence-corrected chi connectivity index (χ4v) is 3.67. The van der Waals surface area contributed by atoms with E-state index in [-0.39, 0.29) is 5.00 Å². The van der Waals surface area contributed by atoms with E-state index in [2.05, 4.69) is 15.9 Å². The van der Waals surface area contributed by atoms with Crippen molar-refractivity contribution in [2.45, 2.75) is 0 Å². The topological polar surface area (TPSA) is 66.9 Å². The molecule has 4 nitrogen and oxygen atoms in total. The summed E-state index contributed by atoms with van der Waals surface area (Å²) >= 11 is 5.63. The number of thiophene rings is 2. The predicted octanol–water partition coefficient (Wildman–Crippen LogP) is 4.02. The van der Waals surface area contributed by atoms with E-state index < -0.39 is 4.92 Å². The lowest BCUT2D eigenvalue weighted by molar-refractivity contribution is -0.379. The Balaban J connectivity index is 2.65. The minimum Gasteiger partial charge on any atom is -0.258 e. The number of nitriles is 1. The lowest BCUT2D eigenvalue weighted by atomic mass is 10.2. The Morgan fingerprint density at radius 2 is 2.31 bits per heavy atom. The number of nitrogens with zero attached hydrogens (tertiary/aromatic N) is 2. The highest BCUT2D eigenvalue weighted by atomic mass is 79.9. The molecule has 0 atom stereocenters. The molecule has 2 aromatic rings. The first-order valence-corrected chi connectivity index (χ1v) is 6.54. The molecule has 0 saturated carbocycles. The predicted molar refractivity (Wildman–Crippen MR) is 66.7 cm³/mol. The smallest absolute Gasteiger partial charge is 0.258 e. The first kappa shape index (κ1) is 11.3. The second-order valence-electron chi connectivity index (χ2n) is 2.80. The summed E-state index contributed by atoms with van der Waals surface area (Å²) in [7, 11) is 0. The van der Waals surface area contributed by atoms with Crippen molar-refractivity contribution in [1.29, 1.82) is 5.26 Å². The highest BCUT2D eigenvalue weighted by Gasteiger charge is 2.22. The van der Waals surface area contributed by atoms with Crippen LogP contribution in [0.5, 0.6) is 0 Å². The molecule has 0 unspecified atom stereocenters. The molecule has 80 valence electrons. The van der Waals surface area contributed by atoms with E-state index in [0.717, 1.165) is 20.7 Å². The van der Waals surface area contributed by atoms with Crippen LogP contribution in [0, 0.1) is 21.4 Å². The summed E-state index contributed by atoms with van der Waals surface area (Å²) in [6.45, 7) is 0. The van der Waals surface area contributed by atoms with E-state index in [0.29, 0.717) is 10.4 Å². The van der Waals surface area contributed by atoms with Crippen LogP contribution in [0.2, 0.25) is 0 Å². The largest absolute Gasteiger partial charge is 0.334 e. The van der Waals surface area contributed by atoms with E-state index >= 15 is 0 Å². The first-order chi connectivity index (χ1) is 7.63. The summed E-state index contributed by atoms with van der Waals surface area (Å²) in [6, 6.07) is 5.31. The Labute approximate surface area is 107 Å². The molecule has 0 bridgehead atoms. The van der Waals surface area contributed by atoms with Gasteiger partial charge in [-0.2, -0.15) is 5.26 Å². The summed E-state index contributed by atoms with van der Waals surface area (Å²) in [4.78, 5) is 11.5. The van der Waals surface area contributed by atoms with Crippen LogP contribution < -0.4 is 0 Å². The van der Waals surface area contributed by atoms with Crippen LogP contribution in [0.15, 0.2) is 22.0 Å². The molecule has 0 N–H and O–H groups in total. The quantitative estimate of drug-likeness (QED) is 0.621. The van der Waals surface area contributed by atoms with E-state index in [1.807, 2.05) is 17.5 Å². The number of halogens is 1. The van der Waals surface area contributed by atoms with Gasteiger partial charge in [0.2, 0.25) is 0 Å². The van der Waals surface area contributed by atoms with Crippen LogP contribution >= 0.6 is 38.6 Å². The zero-order valence-corrected chi connectivity index (χ0v) is 10.9. The van der Waals surface area contributed by atoms with Gasteiger partial charge in [0.15, 0.2) is 0 Å². The van der Waals surface area contributed by atoms with E-state index in [1.165, 1.54) is 11.3 Å². The molecule has 0 amide bonds. The van der Waals surface area contributed by atoms with Crippen LogP contribution in [0.4, 0.5) is 5.00 Å². The Morgan fingerprint density at radius 3 is 2.81 bits per heavy atom. The Hall–Kier alpha value is -1.23. The lowest BCUT2D eigenvalue weighted by Crippen LogP contribution is -1.85. The van der Waals surface area contributed by atoms with Gasteiger partial charge in [0, 0.05) is 4.47 Å². The fraction of sp³-hybridized carbons (Fsp3) is 0. The summed E-state index contributed by atoms with van der Waals surface area (Å²) in [6.07, 6.45) is 0. The molecule has 0 aliphatic carbocycles. The zero-order chi connectivity index (χ0) is 11.7. The van der Waals surface area contributed by atoms with Crippen molar-refractivity contribution in [2.75, 3.05) is 0 Å². The normalized spacial score (nSPS) is 10.0. The zero-order valence-electron chi connectivity index (χ0n) is 7.64. The maximum absolute atomic E-state index is 10.9.